The standard InChI is InChI=1S/C9H12NO.K/c10-7-4-8-11-9-5-2-1-3-6-9;/h2-3,5-6H,4,7-8,10H2;/q-1;+1. The van der Waals surface area contributed by atoms with Crippen molar-refractivity contribution in [2.45, 2.75) is 6.42 Å². The van der Waals surface area contributed by atoms with Crippen LogP contribution < -0.4 is 61.9 Å². The van der Waals surface area contributed by atoms with Gasteiger partial charge in [0.2, 0.25) is 0 Å². The topological polar surface area (TPSA) is 35.2 Å². The molecule has 0 aromatic heterocycles. The van der Waals surface area contributed by atoms with E-state index in [1.807, 2.05) is 24.3 Å². The maximum absolute atomic E-state index is 5.35. The first kappa shape index (κ1) is 12.6. The van der Waals surface area contributed by atoms with Crippen molar-refractivity contribution in [1.82, 2.24) is 0 Å². The molecule has 0 aliphatic carbocycles. The summed E-state index contributed by atoms with van der Waals surface area (Å²) >= 11 is 0. The van der Waals surface area contributed by atoms with Gasteiger partial charge in [0, 0.05) is 5.75 Å². The summed E-state index contributed by atoms with van der Waals surface area (Å²) in [5.74, 6) is 0.886. The van der Waals surface area contributed by atoms with E-state index in [-0.39, 0.29) is 51.4 Å². The van der Waals surface area contributed by atoms with Gasteiger partial charge in [-0.2, -0.15) is 18.2 Å². The van der Waals surface area contributed by atoms with Gasteiger partial charge in [0.1, 0.15) is 0 Å². The first-order chi connectivity index (χ1) is 5.43. The van der Waals surface area contributed by atoms with Crippen LogP contribution >= 0.6 is 0 Å². The van der Waals surface area contributed by atoms with Gasteiger partial charge in [-0.25, -0.2) is 0 Å². The third kappa shape index (κ3) is 5.30. The van der Waals surface area contributed by atoms with Crippen LogP contribution in [-0.2, 0) is 0 Å². The molecule has 1 rings (SSSR count). The molecule has 60 valence electrons. The average Bonchev–Trinajstić information content (AvgIpc) is 2.07. The second-order valence-electron chi connectivity index (χ2n) is 2.23. The number of benzene rings is 1. The number of rotatable bonds is 4. The molecule has 0 aliphatic rings. The van der Waals surface area contributed by atoms with Crippen LogP contribution in [0, 0.1) is 6.07 Å². The molecule has 2 nitrogen and oxygen atoms in total. The Hall–Kier alpha value is 0.616. The van der Waals surface area contributed by atoms with E-state index in [2.05, 4.69) is 6.07 Å². The first-order valence-corrected chi connectivity index (χ1v) is 3.72. The monoisotopic (exact) mass is 189 g/mol. The molecule has 1 aromatic carbocycles. The van der Waals surface area contributed by atoms with Crippen LogP contribution in [0.5, 0.6) is 5.75 Å². The molecule has 0 aliphatic heterocycles. The molecule has 0 heterocycles. The Bertz CT molecular complexity index is 191. The smallest absolute Gasteiger partial charge is 0.519 e. The zero-order valence-electron chi connectivity index (χ0n) is 7.42. The van der Waals surface area contributed by atoms with Crippen LogP contribution in [0.3, 0.4) is 0 Å². The number of nitrogens with two attached hydrogens (primary N) is 1. The van der Waals surface area contributed by atoms with Crippen molar-refractivity contribution >= 4 is 0 Å². The molecule has 0 amide bonds. The predicted molar refractivity (Wildman–Crippen MR) is 44.4 cm³/mol. The normalized spacial score (nSPS) is 8.75. The third-order valence-electron chi connectivity index (χ3n) is 1.30. The summed E-state index contributed by atoms with van der Waals surface area (Å²) in [6, 6.07) is 10.4. The van der Waals surface area contributed by atoms with Crippen LogP contribution in [0.2, 0.25) is 0 Å². The molecule has 0 radical (unpaired) electrons. The molecule has 2 N–H and O–H groups in total. The summed E-state index contributed by atoms with van der Waals surface area (Å²) in [5, 5.41) is 0. The SMILES string of the molecule is NCCCOc1cc[c-]cc1.[K+]. The molecule has 0 atom stereocenters. The molecule has 0 fully saturated rings. The van der Waals surface area contributed by atoms with Crippen LogP contribution in [-0.4, -0.2) is 13.2 Å². The van der Waals surface area contributed by atoms with E-state index in [1.165, 1.54) is 0 Å². The predicted octanol–water partition coefficient (Wildman–Crippen LogP) is -1.78. The van der Waals surface area contributed by atoms with E-state index in [0.29, 0.717) is 13.2 Å². The van der Waals surface area contributed by atoms with Gasteiger partial charge >= 0.3 is 51.4 Å². The molecule has 0 unspecified atom stereocenters. The van der Waals surface area contributed by atoms with Crippen LogP contribution in [0.1, 0.15) is 6.42 Å². The molecule has 0 saturated carbocycles. The second kappa shape index (κ2) is 8.23. The fraction of sp³-hybridized carbons (Fsp3) is 0.333. The van der Waals surface area contributed by atoms with E-state index in [0.717, 1.165) is 12.2 Å². The van der Waals surface area contributed by atoms with Crippen LogP contribution in [0.4, 0.5) is 0 Å². The minimum absolute atomic E-state index is 0. The Labute approximate surface area is 116 Å². The minimum atomic E-state index is 0. The van der Waals surface area contributed by atoms with Gasteiger partial charge in [0.05, 0.1) is 6.61 Å². The van der Waals surface area contributed by atoms with E-state index in [9.17, 15) is 0 Å². The number of hydrogen-bond donors (Lipinski definition) is 1. The van der Waals surface area contributed by atoms with E-state index in [1.54, 1.807) is 0 Å². The quantitative estimate of drug-likeness (QED) is 0.345. The summed E-state index contributed by atoms with van der Waals surface area (Å²) in [5.41, 5.74) is 5.31. The number of ether oxygens (including phenoxy) is 1. The maximum Gasteiger partial charge on any atom is 1.00 e. The minimum Gasteiger partial charge on any atom is -0.519 e. The molecular formula is C9H12KNO. The van der Waals surface area contributed by atoms with Crippen molar-refractivity contribution < 1.29 is 56.1 Å². The number of hydrogen-bond acceptors (Lipinski definition) is 2. The Morgan fingerprint density at radius 1 is 1.33 bits per heavy atom. The van der Waals surface area contributed by atoms with Crippen molar-refractivity contribution in [3.8, 4) is 5.75 Å². The van der Waals surface area contributed by atoms with E-state index >= 15 is 0 Å². The van der Waals surface area contributed by atoms with Crippen molar-refractivity contribution in [2.24, 2.45) is 5.73 Å². The largest absolute Gasteiger partial charge is 1.00 e. The van der Waals surface area contributed by atoms with Crippen LogP contribution in [0.15, 0.2) is 24.3 Å². The molecule has 0 saturated heterocycles. The zero-order valence-corrected chi connectivity index (χ0v) is 10.5. The summed E-state index contributed by atoms with van der Waals surface area (Å²) in [6.45, 7) is 1.37. The molecule has 12 heavy (non-hydrogen) atoms. The Morgan fingerprint density at radius 2 is 2.00 bits per heavy atom. The van der Waals surface area contributed by atoms with Gasteiger partial charge in [-0.05, 0) is 13.0 Å². The summed E-state index contributed by atoms with van der Waals surface area (Å²) in [7, 11) is 0. The second-order valence-corrected chi connectivity index (χ2v) is 2.23. The fourth-order valence-electron chi connectivity index (χ4n) is 0.741. The van der Waals surface area contributed by atoms with Crippen molar-refractivity contribution in [3.05, 3.63) is 30.3 Å². The van der Waals surface area contributed by atoms with Crippen molar-refractivity contribution in [3.63, 3.8) is 0 Å². The molecular weight excluding hydrogens is 177 g/mol. The van der Waals surface area contributed by atoms with Crippen molar-refractivity contribution in [2.75, 3.05) is 13.2 Å². The third-order valence-corrected chi connectivity index (χ3v) is 1.30. The molecule has 3 heteroatoms. The first-order valence-electron chi connectivity index (χ1n) is 3.72. The summed E-state index contributed by atoms with van der Waals surface area (Å²) < 4.78 is 5.35. The summed E-state index contributed by atoms with van der Waals surface area (Å²) in [6.07, 6.45) is 0.901. The Kier molecular flexibility index (Phi) is 8.65. The maximum atomic E-state index is 5.35. The fourth-order valence-corrected chi connectivity index (χ4v) is 0.741. The Balaban J connectivity index is 0.00000121. The van der Waals surface area contributed by atoms with Gasteiger partial charge in [0.15, 0.2) is 0 Å². The molecule has 0 spiro atoms. The molecule has 1 aromatic rings. The van der Waals surface area contributed by atoms with Crippen LogP contribution in [0.25, 0.3) is 0 Å². The van der Waals surface area contributed by atoms with Gasteiger partial charge in [-0.15, -0.1) is 12.1 Å². The Morgan fingerprint density at radius 3 is 2.58 bits per heavy atom. The zero-order chi connectivity index (χ0) is 7.94. The van der Waals surface area contributed by atoms with Gasteiger partial charge < -0.3 is 10.5 Å². The van der Waals surface area contributed by atoms with E-state index in [4.69, 9.17) is 10.5 Å². The van der Waals surface area contributed by atoms with Crippen molar-refractivity contribution in [1.29, 1.82) is 0 Å². The van der Waals surface area contributed by atoms with Gasteiger partial charge in [-0.3, -0.25) is 0 Å². The average molecular weight is 189 g/mol. The van der Waals surface area contributed by atoms with Gasteiger partial charge in [0.25, 0.3) is 0 Å². The van der Waals surface area contributed by atoms with Gasteiger partial charge in [-0.1, -0.05) is 0 Å². The molecule has 0 bridgehead atoms. The summed E-state index contributed by atoms with van der Waals surface area (Å²) in [4.78, 5) is 0. The van der Waals surface area contributed by atoms with E-state index < -0.39 is 0 Å².